The van der Waals surface area contributed by atoms with Gasteiger partial charge in [0.15, 0.2) is 0 Å². The number of nitrogens with zero attached hydrogens (tertiary/aromatic N) is 5. The van der Waals surface area contributed by atoms with Crippen LogP contribution in [0.15, 0.2) is 71.4 Å². The Morgan fingerprint density at radius 1 is 1.06 bits per heavy atom. The van der Waals surface area contributed by atoms with Gasteiger partial charge in [0.25, 0.3) is 0 Å². The van der Waals surface area contributed by atoms with E-state index in [9.17, 15) is 4.79 Å². The number of aryl methyl sites for hydroxylation is 1. The van der Waals surface area contributed by atoms with Crippen molar-refractivity contribution in [2.75, 3.05) is 19.0 Å². The Balaban J connectivity index is 1.49. The predicted octanol–water partition coefficient (Wildman–Crippen LogP) is 4.19. The van der Waals surface area contributed by atoms with Crippen molar-refractivity contribution in [3.05, 3.63) is 89.7 Å². The first kappa shape index (κ1) is 23.1. The third-order valence-electron chi connectivity index (χ3n) is 5.87. The Labute approximate surface area is 208 Å². The van der Waals surface area contributed by atoms with Crippen LogP contribution in [-0.2, 0) is 13.2 Å². The Hall–Kier alpha value is -4.66. The number of rotatable bonds is 8. The van der Waals surface area contributed by atoms with E-state index in [1.54, 1.807) is 24.3 Å². The fraction of sp³-hybridized carbons (Fsp3) is 0.185. The minimum Gasteiger partial charge on any atom is -0.486 e. The molecular formula is C27H26N6O3. The molecule has 3 heterocycles. The lowest BCUT2D eigenvalue weighted by Gasteiger charge is -2.12. The van der Waals surface area contributed by atoms with Crippen molar-refractivity contribution >= 4 is 22.8 Å². The SMILES string of the molecule is Cc1cc(Cn2c(COc3ccc(C(N)=O)cc3)nc3ccc(-c4ccc(N(C)C)nc4)cc32)no1. The van der Waals surface area contributed by atoms with Crippen LogP contribution >= 0.6 is 0 Å². The molecular weight excluding hydrogens is 456 g/mol. The van der Waals surface area contributed by atoms with E-state index in [1.807, 2.05) is 56.4 Å². The van der Waals surface area contributed by atoms with Crippen molar-refractivity contribution in [2.45, 2.75) is 20.1 Å². The van der Waals surface area contributed by atoms with Crippen LogP contribution in [0, 0.1) is 6.92 Å². The fourth-order valence-electron chi connectivity index (χ4n) is 3.98. The predicted molar refractivity (Wildman–Crippen MR) is 137 cm³/mol. The van der Waals surface area contributed by atoms with Gasteiger partial charge in [-0.25, -0.2) is 9.97 Å². The average molecular weight is 483 g/mol. The van der Waals surface area contributed by atoms with Gasteiger partial charge in [-0.05, 0) is 61.0 Å². The molecule has 0 fully saturated rings. The topological polar surface area (TPSA) is 112 Å². The largest absolute Gasteiger partial charge is 0.486 e. The van der Waals surface area contributed by atoms with Gasteiger partial charge in [-0.1, -0.05) is 11.2 Å². The normalized spacial score (nSPS) is 11.1. The lowest BCUT2D eigenvalue weighted by Crippen LogP contribution is -2.11. The van der Waals surface area contributed by atoms with E-state index in [0.29, 0.717) is 17.9 Å². The molecule has 2 aromatic carbocycles. The average Bonchev–Trinajstić information content (AvgIpc) is 3.45. The molecule has 0 aliphatic carbocycles. The number of nitrogens with two attached hydrogens (primary N) is 1. The maximum Gasteiger partial charge on any atom is 0.248 e. The molecule has 0 saturated heterocycles. The molecule has 2 N–H and O–H groups in total. The Kier molecular flexibility index (Phi) is 6.12. The van der Waals surface area contributed by atoms with Crippen molar-refractivity contribution in [1.82, 2.24) is 19.7 Å². The van der Waals surface area contributed by atoms with Crippen LogP contribution in [0.4, 0.5) is 5.82 Å². The molecule has 0 bridgehead atoms. The first-order valence-corrected chi connectivity index (χ1v) is 11.4. The number of fused-ring (bicyclic) bond motifs is 1. The quantitative estimate of drug-likeness (QED) is 0.353. The summed E-state index contributed by atoms with van der Waals surface area (Å²) in [4.78, 5) is 22.7. The minimum atomic E-state index is -0.478. The van der Waals surface area contributed by atoms with Crippen molar-refractivity contribution < 1.29 is 14.1 Å². The summed E-state index contributed by atoms with van der Waals surface area (Å²) in [6.07, 6.45) is 1.87. The van der Waals surface area contributed by atoms with Crippen molar-refractivity contribution in [3.63, 3.8) is 0 Å². The fourth-order valence-corrected chi connectivity index (χ4v) is 3.98. The van der Waals surface area contributed by atoms with Crippen molar-refractivity contribution in [1.29, 1.82) is 0 Å². The van der Waals surface area contributed by atoms with E-state index in [0.717, 1.165) is 45.3 Å². The Bertz CT molecular complexity index is 1520. The second-order valence-corrected chi connectivity index (χ2v) is 8.72. The molecule has 3 aromatic heterocycles. The van der Waals surface area contributed by atoms with Crippen LogP contribution in [0.2, 0.25) is 0 Å². The minimum absolute atomic E-state index is 0.232. The highest BCUT2D eigenvalue weighted by atomic mass is 16.5. The van der Waals surface area contributed by atoms with Crippen LogP contribution < -0.4 is 15.4 Å². The van der Waals surface area contributed by atoms with Crippen LogP contribution in [0.5, 0.6) is 5.75 Å². The summed E-state index contributed by atoms with van der Waals surface area (Å²) < 4.78 is 13.4. The molecule has 0 atom stereocenters. The molecule has 0 radical (unpaired) electrons. The van der Waals surface area contributed by atoms with Crippen molar-refractivity contribution in [2.24, 2.45) is 5.73 Å². The van der Waals surface area contributed by atoms with Crippen LogP contribution in [-0.4, -0.2) is 39.7 Å². The molecule has 5 rings (SSSR count). The molecule has 0 aliphatic rings. The number of hydrogen-bond donors (Lipinski definition) is 1. The zero-order valence-corrected chi connectivity index (χ0v) is 20.3. The zero-order valence-electron chi connectivity index (χ0n) is 20.3. The van der Waals surface area contributed by atoms with Gasteiger partial charge < -0.3 is 24.5 Å². The van der Waals surface area contributed by atoms with Gasteiger partial charge in [-0.15, -0.1) is 0 Å². The maximum absolute atomic E-state index is 11.3. The highest BCUT2D eigenvalue weighted by Gasteiger charge is 2.15. The molecule has 0 saturated carbocycles. The number of carbonyl (C=O) groups is 1. The van der Waals surface area contributed by atoms with E-state index in [4.69, 9.17) is 20.0 Å². The van der Waals surface area contributed by atoms with Crippen LogP contribution in [0.3, 0.4) is 0 Å². The molecule has 1 amide bonds. The number of primary amides is 1. The third kappa shape index (κ3) is 4.76. The van der Waals surface area contributed by atoms with E-state index < -0.39 is 5.91 Å². The summed E-state index contributed by atoms with van der Waals surface area (Å²) >= 11 is 0. The van der Waals surface area contributed by atoms with Gasteiger partial charge in [0, 0.05) is 37.5 Å². The summed E-state index contributed by atoms with van der Waals surface area (Å²) in [6.45, 7) is 2.58. The molecule has 0 unspecified atom stereocenters. The second kappa shape index (κ2) is 9.53. The number of pyridine rings is 1. The smallest absolute Gasteiger partial charge is 0.248 e. The van der Waals surface area contributed by atoms with E-state index in [-0.39, 0.29) is 6.61 Å². The highest BCUT2D eigenvalue weighted by molar-refractivity contribution is 5.92. The number of imidazole rings is 1. The van der Waals surface area contributed by atoms with Gasteiger partial charge in [-0.2, -0.15) is 0 Å². The standard InChI is InChI=1S/C27H26N6O3/c1-17-12-21(31-36-17)15-33-24-13-19(20-7-11-25(29-14-20)32(2)3)6-10-23(24)30-26(33)16-35-22-8-4-18(5-9-22)27(28)34/h4-14H,15-16H2,1-3H3,(H2,28,34). The molecule has 36 heavy (non-hydrogen) atoms. The summed E-state index contributed by atoms with van der Waals surface area (Å²) in [5.74, 6) is 2.52. The lowest BCUT2D eigenvalue weighted by molar-refractivity contribution is 0.1000. The third-order valence-corrected chi connectivity index (χ3v) is 5.87. The van der Waals surface area contributed by atoms with Gasteiger partial charge in [-0.3, -0.25) is 4.79 Å². The molecule has 182 valence electrons. The Morgan fingerprint density at radius 2 is 1.83 bits per heavy atom. The summed E-state index contributed by atoms with van der Waals surface area (Å²) in [7, 11) is 3.93. The summed E-state index contributed by atoms with van der Waals surface area (Å²) in [5.41, 5.74) is 10.4. The van der Waals surface area contributed by atoms with Gasteiger partial charge in [0.1, 0.15) is 35.5 Å². The van der Waals surface area contributed by atoms with E-state index in [2.05, 4.69) is 26.8 Å². The van der Waals surface area contributed by atoms with Gasteiger partial charge in [0.2, 0.25) is 5.91 Å². The number of carbonyl (C=O) groups excluding carboxylic acids is 1. The summed E-state index contributed by atoms with van der Waals surface area (Å²) in [6, 6.07) is 18.8. The molecule has 0 spiro atoms. The molecule has 5 aromatic rings. The number of amides is 1. The highest BCUT2D eigenvalue weighted by Crippen LogP contribution is 2.27. The molecule has 9 nitrogen and oxygen atoms in total. The van der Waals surface area contributed by atoms with Crippen LogP contribution in [0.25, 0.3) is 22.2 Å². The Morgan fingerprint density at radius 3 is 2.47 bits per heavy atom. The monoisotopic (exact) mass is 482 g/mol. The lowest BCUT2D eigenvalue weighted by atomic mass is 10.1. The first-order chi connectivity index (χ1) is 17.4. The van der Waals surface area contributed by atoms with Crippen molar-refractivity contribution in [3.8, 4) is 16.9 Å². The maximum atomic E-state index is 11.3. The van der Waals surface area contributed by atoms with E-state index in [1.165, 1.54) is 0 Å². The second-order valence-electron chi connectivity index (χ2n) is 8.72. The summed E-state index contributed by atoms with van der Waals surface area (Å²) in [5, 5.41) is 4.17. The number of hydrogen-bond acceptors (Lipinski definition) is 7. The first-order valence-electron chi connectivity index (χ1n) is 11.4. The van der Waals surface area contributed by atoms with E-state index >= 15 is 0 Å². The zero-order chi connectivity index (χ0) is 25.2. The number of anilines is 1. The molecule has 0 aliphatic heterocycles. The van der Waals surface area contributed by atoms with Gasteiger partial charge >= 0.3 is 0 Å². The van der Waals surface area contributed by atoms with Crippen LogP contribution in [0.1, 0.15) is 27.6 Å². The van der Waals surface area contributed by atoms with Gasteiger partial charge in [0.05, 0.1) is 17.6 Å². The molecule has 9 heteroatoms. The number of ether oxygens (including phenoxy) is 1. The number of benzene rings is 2. The number of aromatic nitrogens is 4.